The van der Waals surface area contributed by atoms with E-state index in [1.807, 2.05) is 29.2 Å². The summed E-state index contributed by atoms with van der Waals surface area (Å²) in [5.74, 6) is 0.235. The molecule has 1 aromatic heterocycles. The maximum Gasteiger partial charge on any atom is 0.337 e. The summed E-state index contributed by atoms with van der Waals surface area (Å²) in [6, 6.07) is 11.3. The summed E-state index contributed by atoms with van der Waals surface area (Å²) in [7, 11) is 1.36. The van der Waals surface area contributed by atoms with E-state index in [0.29, 0.717) is 16.5 Å². The van der Waals surface area contributed by atoms with Crippen LogP contribution in [0.4, 0.5) is 5.69 Å². The van der Waals surface area contributed by atoms with Crippen molar-refractivity contribution in [2.24, 2.45) is 21.5 Å². The molecule has 1 aliphatic carbocycles. The smallest absolute Gasteiger partial charge is 0.337 e. The van der Waals surface area contributed by atoms with Gasteiger partial charge in [-0.2, -0.15) is 4.99 Å². The third kappa shape index (κ3) is 3.97. The fourth-order valence-corrected chi connectivity index (χ4v) is 4.80. The second-order valence-electron chi connectivity index (χ2n) is 7.29. The van der Waals surface area contributed by atoms with Crippen LogP contribution in [0.15, 0.2) is 62.5 Å². The van der Waals surface area contributed by atoms with Crippen LogP contribution in [-0.4, -0.2) is 35.6 Å². The summed E-state index contributed by atoms with van der Waals surface area (Å²) in [5.41, 5.74) is 13.2. The van der Waals surface area contributed by atoms with Crippen LogP contribution in [-0.2, 0) is 4.74 Å². The summed E-state index contributed by atoms with van der Waals surface area (Å²) in [6.45, 7) is 0. The van der Waals surface area contributed by atoms with Gasteiger partial charge in [0.05, 0.1) is 12.7 Å². The Morgan fingerprint density at radius 2 is 1.87 bits per heavy atom. The van der Waals surface area contributed by atoms with Crippen molar-refractivity contribution in [3.63, 3.8) is 0 Å². The summed E-state index contributed by atoms with van der Waals surface area (Å²) in [5, 5.41) is 0.714. The molecule has 1 saturated carbocycles. The molecular formula is C21H24N6O2S. The first kappa shape index (κ1) is 20.2. The molecule has 1 aliphatic heterocycles. The number of aromatic nitrogens is 1. The third-order valence-corrected chi connectivity index (χ3v) is 6.26. The number of rotatable bonds is 4. The van der Waals surface area contributed by atoms with E-state index in [1.54, 1.807) is 18.3 Å². The van der Waals surface area contributed by atoms with Crippen LogP contribution in [0, 0.1) is 0 Å². The number of nitrogens with zero attached hydrogens (tertiary/aromatic N) is 4. The number of pyridine rings is 1. The average Bonchev–Trinajstić information content (AvgIpc) is 2.74. The third-order valence-electron chi connectivity index (χ3n) is 5.32. The van der Waals surface area contributed by atoms with E-state index in [4.69, 9.17) is 21.2 Å². The maximum absolute atomic E-state index is 11.7. The maximum atomic E-state index is 11.7. The van der Waals surface area contributed by atoms with Crippen LogP contribution in [0.5, 0.6) is 0 Å². The molecule has 2 aliphatic rings. The van der Waals surface area contributed by atoms with Gasteiger partial charge < -0.3 is 16.2 Å². The first-order chi connectivity index (χ1) is 14.5. The van der Waals surface area contributed by atoms with Gasteiger partial charge in [-0.25, -0.2) is 14.8 Å². The number of ether oxygens (including phenoxy) is 1. The molecule has 4 rings (SSSR count). The topological polar surface area (TPSA) is 119 Å². The van der Waals surface area contributed by atoms with Crippen LogP contribution in [0.3, 0.4) is 0 Å². The Hall–Kier alpha value is -3.07. The molecule has 0 atom stereocenters. The van der Waals surface area contributed by atoms with E-state index >= 15 is 0 Å². The van der Waals surface area contributed by atoms with Crippen molar-refractivity contribution in [2.75, 3.05) is 12.0 Å². The molecule has 8 nitrogen and oxygen atoms in total. The summed E-state index contributed by atoms with van der Waals surface area (Å²) in [4.78, 5) is 28.0. The number of hydrogen-bond donors (Lipinski definition) is 2. The molecule has 0 bridgehead atoms. The second-order valence-corrected chi connectivity index (χ2v) is 8.38. The summed E-state index contributed by atoms with van der Waals surface area (Å²) >= 11 is 1.47. The number of aliphatic imine (C=N–C) groups is 2. The van der Waals surface area contributed by atoms with Crippen molar-refractivity contribution < 1.29 is 9.53 Å². The van der Waals surface area contributed by atoms with Gasteiger partial charge in [0, 0.05) is 16.8 Å². The van der Waals surface area contributed by atoms with Gasteiger partial charge in [0.1, 0.15) is 10.7 Å². The van der Waals surface area contributed by atoms with Crippen molar-refractivity contribution in [3.05, 3.63) is 48.2 Å². The van der Waals surface area contributed by atoms with E-state index in [2.05, 4.69) is 9.98 Å². The summed E-state index contributed by atoms with van der Waals surface area (Å²) < 4.78 is 4.77. The monoisotopic (exact) mass is 424 g/mol. The largest absolute Gasteiger partial charge is 0.465 e. The first-order valence-corrected chi connectivity index (χ1v) is 10.6. The van der Waals surface area contributed by atoms with Gasteiger partial charge in [-0.3, -0.25) is 4.90 Å². The van der Waals surface area contributed by atoms with E-state index in [0.717, 1.165) is 36.3 Å². The van der Waals surface area contributed by atoms with Crippen molar-refractivity contribution in [1.82, 2.24) is 4.98 Å². The Kier molecular flexibility index (Phi) is 5.63. The van der Waals surface area contributed by atoms with Gasteiger partial charge in [-0.05, 0) is 62.1 Å². The molecule has 30 heavy (non-hydrogen) atoms. The molecule has 0 unspecified atom stereocenters. The van der Waals surface area contributed by atoms with Gasteiger partial charge >= 0.3 is 5.97 Å². The molecule has 1 aromatic carbocycles. The van der Waals surface area contributed by atoms with Gasteiger partial charge in [0.2, 0.25) is 11.9 Å². The van der Waals surface area contributed by atoms with Crippen LogP contribution < -0.4 is 16.4 Å². The molecule has 1 spiro atoms. The fraction of sp³-hybridized carbons (Fsp3) is 0.333. The quantitative estimate of drug-likeness (QED) is 0.724. The summed E-state index contributed by atoms with van der Waals surface area (Å²) in [6.07, 6.45) is 6.74. The highest BCUT2D eigenvalue weighted by Crippen LogP contribution is 2.40. The van der Waals surface area contributed by atoms with Gasteiger partial charge in [-0.15, -0.1) is 0 Å². The number of carbonyl (C=O) groups excluding carboxylic acids is 1. The molecule has 4 N–H and O–H groups in total. The number of esters is 1. The number of guanidine groups is 2. The molecule has 156 valence electrons. The predicted molar refractivity (Wildman–Crippen MR) is 118 cm³/mol. The molecule has 0 radical (unpaired) electrons. The Bertz CT molecular complexity index is 999. The highest BCUT2D eigenvalue weighted by Gasteiger charge is 2.42. The van der Waals surface area contributed by atoms with Gasteiger partial charge in [0.15, 0.2) is 0 Å². The minimum atomic E-state index is -0.459. The van der Waals surface area contributed by atoms with Crippen molar-refractivity contribution in [2.45, 2.75) is 47.7 Å². The molecule has 2 heterocycles. The minimum Gasteiger partial charge on any atom is -0.465 e. The van der Waals surface area contributed by atoms with Crippen LogP contribution in [0.1, 0.15) is 42.5 Å². The highest BCUT2D eigenvalue weighted by atomic mass is 32.2. The van der Waals surface area contributed by atoms with E-state index in [1.165, 1.54) is 25.3 Å². The zero-order chi connectivity index (χ0) is 21.1. The minimum absolute atomic E-state index is 0.245. The lowest BCUT2D eigenvalue weighted by atomic mass is 9.87. The van der Waals surface area contributed by atoms with E-state index in [9.17, 15) is 4.79 Å². The van der Waals surface area contributed by atoms with Gasteiger partial charge in [-0.1, -0.05) is 18.2 Å². The van der Waals surface area contributed by atoms with Gasteiger partial charge in [0.25, 0.3) is 0 Å². The first-order valence-electron chi connectivity index (χ1n) is 9.83. The second kappa shape index (κ2) is 8.35. The number of methoxy groups -OCH3 is 1. The molecule has 1 fully saturated rings. The number of nitrogens with two attached hydrogens (primary N) is 2. The zero-order valence-electron chi connectivity index (χ0n) is 16.7. The zero-order valence-corrected chi connectivity index (χ0v) is 17.6. The number of carbonyl (C=O) groups is 1. The number of hydrogen-bond acceptors (Lipinski definition) is 9. The van der Waals surface area contributed by atoms with E-state index in [-0.39, 0.29) is 11.9 Å². The average molecular weight is 425 g/mol. The predicted octanol–water partition coefficient (Wildman–Crippen LogP) is 3.13. The Morgan fingerprint density at radius 3 is 2.57 bits per heavy atom. The Labute approximate surface area is 179 Å². The lowest BCUT2D eigenvalue weighted by Crippen LogP contribution is -2.58. The van der Waals surface area contributed by atoms with Crippen molar-refractivity contribution in [3.8, 4) is 0 Å². The van der Waals surface area contributed by atoms with Crippen LogP contribution in [0.25, 0.3) is 0 Å². The lowest BCUT2D eigenvalue weighted by Gasteiger charge is -2.45. The number of anilines is 1. The fourth-order valence-electron chi connectivity index (χ4n) is 3.99. The van der Waals surface area contributed by atoms with Crippen molar-refractivity contribution >= 4 is 35.3 Å². The molecular weight excluding hydrogens is 400 g/mol. The standard InChI is InChI=1S/C21H24N6O2S/c1-29-18(28)14-9-12-24-17(13-14)30-16-7-5-15(6-8-16)27-20(23)25-19(22)26-21(27)10-3-2-4-11-21/h5-9,12-13H,2-4,10-11H2,1H3,(H4,22,23,25,26). The highest BCUT2D eigenvalue weighted by molar-refractivity contribution is 7.99. The molecule has 0 saturated heterocycles. The molecule has 9 heteroatoms. The number of benzene rings is 1. The SMILES string of the molecule is COC(=O)c1ccnc(Sc2ccc(N3C(N)=NC(N)=NC34CCCCC4)cc2)c1. The molecule has 2 aromatic rings. The van der Waals surface area contributed by atoms with E-state index < -0.39 is 5.66 Å². The normalized spacial score (nSPS) is 18.0. The van der Waals surface area contributed by atoms with Crippen LogP contribution >= 0.6 is 11.8 Å². The Morgan fingerprint density at radius 1 is 1.13 bits per heavy atom. The van der Waals surface area contributed by atoms with Crippen molar-refractivity contribution in [1.29, 1.82) is 0 Å². The Balaban J connectivity index is 1.57. The van der Waals surface area contributed by atoms with Crippen LogP contribution in [0.2, 0.25) is 0 Å². The molecule has 0 amide bonds. The lowest BCUT2D eigenvalue weighted by molar-refractivity contribution is 0.0600.